The van der Waals surface area contributed by atoms with Crippen LogP contribution in [0, 0.1) is 0 Å². The Morgan fingerprint density at radius 3 is 2.70 bits per heavy atom. The Kier molecular flexibility index (Phi) is 9.92. The van der Waals surface area contributed by atoms with Crippen molar-refractivity contribution >= 4 is 29.9 Å². The Morgan fingerprint density at radius 1 is 1.13 bits per heavy atom. The van der Waals surface area contributed by atoms with Gasteiger partial charge in [0.1, 0.15) is 11.5 Å². The third kappa shape index (κ3) is 7.54. The molecule has 9 heteroatoms. The summed E-state index contributed by atoms with van der Waals surface area (Å²) >= 11 is 0. The van der Waals surface area contributed by atoms with Gasteiger partial charge in [0.25, 0.3) is 0 Å². The molecule has 0 saturated heterocycles. The van der Waals surface area contributed by atoms with Crippen molar-refractivity contribution in [3.05, 3.63) is 66.6 Å². The SMILES string of the molecule is CN=C(NCCCn1cccn1)NCc1ccc(Oc2cccc(OC)c2)nc1.I. The zero-order chi connectivity index (χ0) is 20.3. The van der Waals surface area contributed by atoms with Gasteiger partial charge in [-0.05, 0) is 30.2 Å². The van der Waals surface area contributed by atoms with Crippen LogP contribution in [-0.4, -0.2) is 41.4 Å². The van der Waals surface area contributed by atoms with Gasteiger partial charge < -0.3 is 20.1 Å². The fraction of sp³-hybridized carbons (Fsp3) is 0.286. The van der Waals surface area contributed by atoms with Gasteiger partial charge in [0.15, 0.2) is 5.96 Å². The molecule has 0 aliphatic carbocycles. The van der Waals surface area contributed by atoms with Crippen LogP contribution in [0.2, 0.25) is 0 Å². The molecular formula is C21H27IN6O2. The maximum atomic E-state index is 5.76. The molecule has 3 aromatic rings. The van der Waals surface area contributed by atoms with Crippen LogP contribution in [0.5, 0.6) is 17.4 Å². The van der Waals surface area contributed by atoms with Crippen molar-refractivity contribution in [2.75, 3.05) is 20.7 Å². The summed E-state index contributed by atoms with van der Waals surface area (Å²) in [5.41, 5.74) is 1.03. The summed E-state index contributed by atoms with van der Waals surface area (Å²) < 4.78 is 12.9. The van der Waals surface area contributed by atoms with Crippen molar-refractivity contribution in [1.82, 2.24) is 25.4 Å². The highest BCUT2D eigenvalue weighted by Gasteiger charge is 2.03. The van der Waals surface area contributed by atoms with Crippen molar-refractivity contribution in [1.29, 1.82) is 0 Å². The van der Waals surface area contributed by atoms with Gasteiger partial charge in [-0.15, -0.1) is 24.0 Å². The quantitative estimate of drug-likeness (QED) is 0.194. The van der Waals surface area contributed by atoms with Gasteiger partial charge in [-0.3, -0.25) is 9.67 Å². The second-order valence-electron chi connectivity index (χ2n) is 6.26. The monoisotopic (exact) mass is 522 g/mol. The maximum absolute atomic E-state index is 5.76. The number of hydrogen-bond acceptors (Lipinski definition) is 5. The zero-order valence-corrected chi connectivity index (χ0v) is 19.4. The van der Waals surface area contributed by atoms with E-state index in [0.717, 1.165) is 36.8 Å². The number of aryl methyl sites for hydroxylation is 1. The molecule has 3 rings (SSSR count). The van der Waals surface area contributed by atoms with Crippen LogP contribution in [0.3, 0.4) is 0 Å². The smallest absolute Gasteiger partial charge is 0.219 e. The van der Waals surface area contributed by atoms with Crippen LogP contribution < -0.4 is 20.1 Å². The Bertz CT molecular complexity index is 900. The summed E-state index contributed by atoms with van der Waals surface area (Å²) in [6.07, 6.45) is 6.49. The van der Waals surface area contributed by atoms with Crippen LogP contribution in [0.15, 0.2) is 66.0 Å². The lowest BCUT2D eigenvalue weighted by atomic mass is 10.3. The molecule has 0 spiro atoms. The predicted octanol–water partition coefficient (Wildman–Crippen LogP) is 3.45. The number of nitrogens with zero attached hydrogens (tertiary/aromatic N) is 4. The summed E-state index contributed by atoms with van der Waals surface area (Å²) in [5.74, 6) is 2.71. The van der Waals surface area contributed by atoms with Crippen molar-refractivity contribution in [3.8, 4) is 17.4 Å². The molecule has 0 amide bonds. The first kappa shape index (κ1) is 23.5. The van der Waals surface area contributed by atoms with Crippen LogP contribution in [0.25, 0.3) is 0 Å². The number of hydrogen-bond donors (Lipinski definition) is 2. The minimum absolute atomic E-state index is 0. The van der Waals surface area contributed by atoms with E-state index in [9.17, 15) is 0 Å². The molecule has 0 saturated carbocycles. The molecule has 0 aliphatic rings. The Hall–Kier alpha value is -2.82. The van der Waals surface area contributed by atoms with E-state index in [1.165, 1.54) is 0 Å². The number of benzene rings is 1. The summed E-state index contributed by atoms with van der Waals surface area (Å²) in [6.45, 7) is 2.30. The summed E-state index contributed by atoms with van der Waals surface area (Å²) in [6, 6.07) is 13.2. The third-order valence-corrected chi connectivity index (χ3v) is 4.16. The molecule has 0 fully saturated rings. The van der Waals surface area contributed by atoms with Gasteiger partial charge in [0.2, 0.25) is 5.88 Å². The number of aliphatic imine (C=N–C) groups is 1. The molecule has 0 atom stereocenters. The van der Waals surface area contributed by atoms with E-state index in [4.69, 9.17) is 9.47 Å². The highest BCUT2D eigenvalue weighted by atomic mass is 127. The molecule has 0 radical (unpaired) electrons. The normalized spacial score (nSPS) is 10.8. The minimum Gasteiger partial charge on any atom is -0.497 e. The number of methoxy groups -OCH3 is 1. The van der Waals surface area contributed by atoms with Crippen LogP contribution in [0.4, 0.5) is 0 Å². The van der Waals surface area contributed by atoms with E-state index >= 15 is 0 Å². The molecular weight excluding hydrogens is 495 g/mol. The maximum Gasteiger partial charge on any atom is 0.219 e. The van der Waals surface area contributed by atoms with Gasteiger partial charge in [-0.1, -0.05) is 12.1 Å². The second-order valence-corrected chi connectivity index (χ2v) is 6.26. The third-order valence-electron chi connectivity index (χ3n) is 4.16. The minimum atomic E-state index is 0. The number of ether oxygens (including phenoxy) is 2. The van der Waals surface area contributed by atoms with Gasteiger partial charge >= 0.3 is 0 Å². The fourth-order valence-electron chi connectivity index (χ4n) is 2.65. The molecule has 0 aliphatic heterocycles. The van der Waals surface area contributed by atoms with Crippen LogP contribution >= 0.6 is 24.0 Å². The molecule has 2 N–H and O–H groups in total. The fourth-order valence-corrected chi connectivity index (χ4v) is 2.65. The summed E-state index contributed by atoms with van der Waals surface area (Å²) in [7, 11) is 3.38. The number of pyridine rings is 1. The molecule has 0 unspecified atom stereocenters. The van der Waals surface area contributed by atoms with Gasteiger partial charge in [-0.25, -0.2) is 4.98 Å². The zero-order valence-electron chi connectivity index (χ0n) is 17.1. The Labute approximate surface area is 193 Å². The molecule has 160 valence electrons. The van der Waals surface area contributed by atoms with Gasteiger partial charge in [-0.2, -0.15) is 5.10 Å². The van der Waals surface area contributed by atoms with E-state index in [1.54, 1.807) is 26.6 Å². The van der Waals surface area contributed by atoms with E-state index in [1.807, 2.05) is 53.3 Å². The lowest BCUT2D eigenvalue weighted by Crippen LogP contribution is -2.37. The van der Waals surface area contributed by atoms with Crippen molar-refractivity contribution < 1.29 is 9.47 Å². The van der Waals surface area contributed by atoms with E-state index in [0.29, 0.717) is 18.2 Å². The number of nitrogens with one attached hydrogen (secondary N) is 2. The first-order valence-corrected chi connectivity index (χ1v) is 9.45. The van der Waals surface area contributed by atoms with Crippen molar-refractivity contribution in [2.24, 2.45) is 4.99 Å². The van der Waals surface area contributed by atoms with E-state index < -0.39 is 0 Å². The Balaban J connectivity index is 0.00000320. The average Bonchev–Trinajstić information content (AvgIpc) is 3.28. The topological polar surface area (TPSA) is 85.6 Å². The van der Waals surface area contributed by atoms with Crippen molar-refractivity contribution in [3.63, 3.8) is 0 Å². The summed E-state index contributed by atoms with van der Waals surface area (Å²) in [4.78, 5) is 8.61. The molecule has 30 heavy (non-hydrogen) atoms. The van der Waals surface area contributed by atoms with Crippen LogP contribution in [-0.2, 0) is 13.1 Å². The second kappa shape index (κ2) is 12.7. The summed E-state index contributed by atoms with van der Waals surface area (Å²) in [5, 5.41) is 10.8. The van der Waals surface area contributed by atoms with Crippen molar-refractivity contribution in [2.45, 2.75) is 19.5 Å². The first-order valence-electron chi connectivity index (χ1n) is 9.45. The molecule has 2 aromatic heterocycles. The average molecular weight is 522 g/mol. The lowest BCUT2D eigenvalue weighted by molar-refractivity contribution is 0.407. The molecule has 2 heterocycles. The predicted molar refractivity (Wildman–Crippen MR) is 128 cm³/mol. The highest BCUT2D eigenvalue weighted by molar-refractivity contribution is 14.0. The molecule has 1 aromatic carbocycles. The number of halogens is 1. The first-order chi connectivity index (χ1) is 14.3. The van der Waals surface area contributed by atoms with E-state index in [2.05, 4.69) is 25.7 Å². The Morgan fingerprint density at radius 2 is 2.00 bits per heavy atom. The van der Waals surface area contributed by atoms with Gasteiger partial charge in [0.05, 0.1) is 7.11 Å². The molecule has 8 nitrogen and oxygen atoms in total. The lowest BCUT2D eigenvalue weighted by Gasteiger charge is -2.12. The van der Waals surface area contributed by atoms with Gasteiger partial charge in [0, 0.05) is 57.4 Å². The highest BCUT2D eigenvalue weighted by Crippen LogP contribution is 2.23. The number of guanidine groups is 1. The van der Waals surface area contributed by atoms with E-state index in [-0.39, 0.29) is 24.0 Å². The molecule has 0 bridgehead atoms. The standard InChI is InChI=1S/C21H26N6O2.HI/c1-22-21(23-10-4-12-27-13-5-11-26-27)25-16-17-8-9-20(24-15-17)29-19-7-3-6-18(14-19)28-2;/h3,5-9,11,13-15H,4,10,12,16H2,1-2H3,(H2,22,23,25);1H. The number of rotatable bonds is 9. The number of aromatic nitrogens is 3. The van der Waals surface area contributed by atoms with Crippen LogP contribution in [0.1, 0.15) is 12.0 Å². The largest absolute Gasteiger partial charge is 0.497 e.